The number of nitro groups is 1. The van der Waals surface area contributed by atoms with Crippen LogP contribution in [-0.2, 0) is 20.7 Å². The zero-order chi connectivity index (χ0) is 22.7. The highest BCUT2D eigenvalue weighted by molar-refractivity contribution is 5.87. The molecule has 9 nitrogen and oxygen atoms in total. The van der Waals surface area contributed by atoms with E-state index in [-0.39, 0.29) is 18.0 Å². The first-order valence-electron chi connectivity index (χ1n) is 10.2. The standard InChI is InChI=1S/C23H22N4O5/c1-32-23(29)20-8-5-13-25(20)21(28)14-17-15-26(18-6-3-2-4-7-18)24-22(17)16-9-11-19(12-10-16)27(30)31/h2-4,6-7,9-12,15,20H,5,8,13-14H2,1H3. The van der Waals surface area contributed by atoms with Crippen molar-refractivity contribution in [1.82, 2.24) is 14.7 Å². The number of ether oxygens (including phenoxy) is 1. The highest BCUT2D eigenvalue weighted by atomic mass is 16.6. The number of carbonyl (C=O) groups excluding carboxylic acids is 2. The first-order chi connectivity index (χ1) is 15.5. The van der Waals surface area contributed by atoms with E-state index in [4.69, 9.17) is 4.74 Å². The predicted molar refractivity (Wildman–Crippen MR) is 116 cm³/mol. The second-order valence-corrected chi connectivity index (χ2v) is 7.53. The molecular weight excluding hydrogens is 412 g/mol. The summed E-state index contributed by atoms with van der Waals surface area (Å²) in [6.07, 6.45) is 3.15. The van der Waals surface area contributed by atoms with Crippen molar-refractivity contribution >= 4 is 17.6 Å². The number of amides is 1. The molecule has 2 heterocycles. The third-order valence-electron chi connectivity index (χ3n) is 5.55. The number of rotatable bonds is 6. The molecule has 0 spiro atoms. The Hall–Kier alpha value is -4.01. The van der Waals surface area contributed by atoms with Gasteiger partial charge in [0.15, 0.2) is 0 Å². The summed E-state index contributed by atoms with van der Waals surface area (Å²) in [5.74, 6) is -0.597. The van der Waals surface area contributed by atoms with Crippen molar-refractivity contribution in [2.45, 2.75) is 25.3 Å². The summed E-state index contributed by atoms with van der Waals surface area (Å²) in [5, 5.41) is 15.7. The molecule has 0 N–H and O–H groups in total. The molecule has 0 saturated carbocycles. The topological polar surface area (TPSA) is 108 Å². The Labute approximate surface area is 184 Å². The van der Waals surface area contributed by atoms with Crippen LogP contribution >= 0.6 is 0 Å². The molecule has 0 bridgehead atoms. The summed E-state index contributed by atoms with van der Waals surface area (Å²) in [5.41, 5.74) is 2.70. The van der Waals surface area contributed by atoms with Crippen LogP contribution in [0.25, 0.3) is 16.9 Å². The summed E-state index contributed by atoms with van der Waals surface area (Å²) in [6.45, 7) is 0.498. The molecule has 1 atom stereocenters. The Balaban J connectivity index is 1.68. The molecule has 1 unspecified atom stereocenters. The number of non-ortho nitro benzene ring substituents is 1. The lowest BCUT2D eigenvalue weighted by atomic mass is 10.0. The van der Waals surface area contributed by atoms with Gasteiger partial charge in [-0.15, -0.1) is 0 Å². The maximum Gasteiger partial charge on any atom is 0.328 e. The lowest BCUT2D eigenvalue weighted by molar-refractivity contribution is -0.384. The van der Waals surface area contributed by atoms with Crippen molar-refractivity contribution in [3.8, 4) is 16.9 Å². The number of carbonyl (C=O) groups is 2. The fraction of sp³-hybridized carbons (Fsp3) is 0.261. The largest absolute Gasteiger partial charge is 0.467 e. The Morgan fingerprint density at radius 1 is 1.16 bits per heavy atom. The Morgan fingerprint density at radius 2 is 1.88 bits per heavy atom. The minimum Gasteiger partial charge on any atom is -0.467 e. The maximum absolute atomic E-state index is 13.1. The lowest BCUT2D eigenvalue weighted by Gasteiger charge is -2.22. The van der Waals surface area contributed by atoms with Crippen LogP contribution in [0.1, 0.15) is 18.4 Å². The van der Waals surface area contributed by atoms with Gasteiger partial charge in [0, 0.05) is 36.0 Å². The molecule has 1 saturated heterocycles. The zero-order valence-electron chi connectivity index (χ0n) is 17.5. The Bertz CT molecular complexity index is 1140. The van der Waals surface area contributed by atoms with E-state index in [1.807, 2.05) is 30.3 Å². The van der Waals surface area contributed by atoms with Crippen molar-refractivity contribution in [3.63, 3.8) is 0 Å². The van der Waals surface area contributed by atoms with Gasteiger partial charge >= 0.3 is 5.97 Å². The van der Waals surface area contributed by atoms with E-state index in [1.54, 1.807) is 27.9 Å². The number of aromatic nitrogens is 2. The van der Waals surface area contributed by atoms with Gasteiger partial charge in [0.1, 0.15) is 6.04 Å². The third kappa shape index (κ3) is 4.22. The van der Waals surface area contributed by atoms with Crippen LogP contribution in [0.5, 0.6) is 0 Å². The minimum atomic E-state index is -0.570. The third-order valence-corrected chi connectivity index (χ3v) is 5.55. The van der Waals surface area contributed by atoms with Crippen molar-refractivity contribution in [2.24, 2.45) is 0 Å². The van der Waals surface area contributed by atoms with Gasteiger partial charge in [-0.25, -0.2) is 9.48 Å². The number of nitro benzene ring substituents is 1. The van der Waals surface area contributed by atoms with E-state index >= 15 is 0 Å². The number of hydrogen-bond acceptors (Lipinski definition) is 6. The van der Waals surface area contributed by atoms with Gasteiger partial charge in [-0.1, -0.05) is 18.2 Å². The van der Waals surface area contributed by atoms with Crippen molar-refractivity contribution in [1.29, 1.82) is 0 Å². The van der Waals surface area contributed by atoms with Crippen LogP contribution in [-0.4, -0.2) is 51.2 Å². The number of methoxy groups -OCH3 is 1. The van der Waals surface area contributed by atoms with E-state index in [0.717, 1.165) is 12.1 Å². The molecule has 0 radical (unpaired) electrons. The fourth-order valence-electron chi connectivity index (χ4n) is 3.95. The number of nitrogens with zero attached hydrogens (tertiary/aromatic N) is 4. The summed E-state index contributed by atoms with van der Waals surface area (Å²) in [7, 11) is 1.32. The van der Waals surface area contributed by atoms with Gasteiger partial charge < -0.3 is 9.64 Å². The van der Waals surface area contributed by atoms with E-state index in [2.05, 4.69) is 5.10 Å². The quantitative estimate of drug-likeness (QED) is 0.335. The average molecular weight is 434 g/mol. The summed E-state index contributed by atoms with van der Waals surface area (Å²) < 4.78 is 6.53. The molecule has 9 heteroatoms. The summed E-state index contributed by atoms with van der Waals surface area (Å²) in [6, 6.07) is 15.0. The fourth-order valence-corrected chi connectivity index (χ4v) is 3.95. The first kappa shape index (κ1) is 21.2. The molecule has 1 fully saturated rings. The van der Waals surface area contributed by atoms with Gasteiger partial charge in [-0.05, 0) is 37.1 Å². The van der Waals surface area contributed by atoms with Crippen LogP contribution in [0.15, 0.2) is 60.8 Å². The molecule has 1 aromatic heterocycles. The minimum absolute atomic E-state index is 0.0214. The SMILES string of the molecule is COC(=O)C1CCCN1C(=O)Cc1cn(-c2ccccc2)nc1-c1ccc([N+](=O)[O-])cc1. The number of hydrogen-bond donors (Lipinski definition) is 0. The highest BCUT2D eigenvalue weighted by Gasteiger charge is 2.35. The Kier molecular flexibility index (Phi) is 5.98. The summed E-state index contributed by atoms with van der Waals surface area (Å²) in [4.78, 5) is 37.3. The molecule has 1 aliphatic heterocycles. The lowest BCUT2D eigenvalue weighted by Crippen LogP contribution is -2.41. The highest BCUT2D eigenvalue weighted by Crippen LogP contribution is 2.28. The molecule has 4 rings (SSSR count). The molecular formula is C23H22N4O5. The smallest absolute Gasteiger partial charge is 0.328 e. The molecule has 1 aliphatic rings. The first-order valence-corrected chi connectivity index (χ1v) is 10.2. The van der Waals surface area contributed by atoms with Gasteiger partial charge in [0.05, 0.1) is 29.8 Å². The van der Waals surface area contributed by atoms with Crippen molar-refractivity contribution in [2.75, 3.05) is 13.7 Å². The molecule has 32 heavy (non-hydrogen) atoms. The summed E-state index contributed by atoms with van der Waals surface area (Å²) >= 11 is 0. The number of esters is 1. The molecule has 0 aliphatic carbocycles. The van der Waals surface area contributed by atoms with Gasteiger partial charge in [-0.2, -0.15) is 5.10 Å². The molecule has 3 aromatic rings. The maximum atomic E-state index is 13.1. The van der Waals surface area contributed by atoms with Crippen LogP contribution in [0.2, 0.25) is 0 Å². The van der Waals surface area contributed by atoms with Crippen LogP contribution in [0.3, 0.4) is 0 Å². The van der Waals surface area contributed by atoms with Gasteiger partial charge in [0.25, 0.3) is 5.69 Å². The van der Waals surface area contributed by atoms with Crippen LogP contribution in [0.4, 0.5) is 5.69 Å². The van der Waals surface area contributed by atoms with Crippen LogP contribution < -0.4 is 0 Å². The second kappa shape index (κ2) is 9.01. The second-order valence-electron chi connectivity index (χ2n) is 7.53. The predicted octanol–water partition coefficient (Wildman–Crippen LogP) is 3.15. The van der Waals surface area contributed by atoms with Gasteiger partial charge in [0.2, 0.25) is 5.91 Å². The Morgan fingerprint density at radius 3 is 2.53 bits per heavy atom. The number of benzene rings is 2. The number of likely N-dealkylation sites (tertiary alicyclic amines) is 1. The van der Waals surface area contributed by atoms with Crippen molar-refractivity contribution in [3.05, 3.63) is 76.5 Å². The van der Waals surface area contributed by atoms with Crippen LogP contribution in [0, 0.1) is 10.1 Å². The molecule has 1 amide bonds. The molecule has 2 aromatic carbocycles. The normalized spacial score (nSPS) is 15.5. The van der Waals surface area contributed by atoms with E-state index in [9.17, 15) is 19.7 Å². The molecule has 164 valence electrons. The van der Waals surface area contributed by atoms with E-state index < -0.39 is 16.9 Å². The average Bonchev–Trinajstić information content (AvgIpc) is 3.47. The van der Waals surface area contributed by atoms with E-state index in [1.165, 1.54) is 19.2 Å². The van der Waals surface area contributed by atoms with Crippen molar-refractivity contribution < 1.29 is 19.2 Å². The number of para-hydroxylation sites is 1. The van der Waals surface area contributed by atoms with E-state index in [0.29, 0.717) is 29.8 Å². The monoisotopic (exact) mass is 434 g/mol. The van der Waals surface area contributed by atoms with Gasteiger partial charge in [-0.3, -0.25) is 14.9 Å². The zero-order valence-corrected chi connectivity index (χ0v) is 17.5.